The number of fused-ring (bicyclic) bond motifs is 1. The van der Waals surface area contributed by atoms with E-state index < -0.39 is 0 Å². The maximum atomic E-state index is 12.8. The average Bonchev–Trinajstić information content (AvgIpc) is 3.12. The third-order valence-electron chi connectivity index (χ3n) is 5.06. The fraction of sp³-hybridized carbons (Fsp3) is 0.421. The Bertz CT molecular complexity index is 739. The summed E-state index contributed by atoms with van der Waals surface area (Å²) in [5.41, 5.74) is 2.54. The molecule has 0 bridgehead atoms. The molecule has 1 fully saturated rings. The maximum absolute atomic E-state index is 12.8. The van der Waals surface area contributed by atoms with Gasteiger partial charge < -0.3 is 10.2 Å². The molecule has 1 atom stereocenters. The highest BCUT2D eigenvalue weighted by Gasteiger charge is 2.32. The molecule has 25 heavy (non-hydrogen) atoms. The number of hydrogen-bond donors (Lipinski definition) is 1. The van der Waals surface area contributed by atoms with Crippen LogP contribution in [-0.4, -0.2) is 55.0 Å². The summed E-state index contributed by atoms with van der Waals surface area (Å²) in [7, 11) is 0. The molecule has 3 heterocycles. The predicted octanol–water partition coefficient (Wildman–Crippen LogP) is 2.78. The van der Waals surface area contributed by atoms with Gasteiger partial charge in [-0.2, -0.15) is 0 Å². The van der Waals surface area contributed by atoms with Crippen LogP contribution in [0.15, 0.2) is 35.7 Å². The van der Waals surface area contributed by atoms with Gasteiger partial charge in [0.2, 0.25) is 5.91 Å². The van der Waals surface area contributed by atoms with Crippen LogP contribution in [0, 0.1) is 0 Å². The molecule has 0 aliphatic carbocycles. The SMILES string of the molecule is O=C(CN1CCc2sccc2C1c1ccc(Cl)cc1)N1CCNCC1. The number of thiophene rings is 1. The molecule has 1 N–H and O–H groups in total. The minimum Gasteiger partial charge on any atom is -0.339 e. The summed E-state index contributed by atoms with van der Waals surface area (Å²) in [4.78, 5) is 18.5. The summed E-state index contributed by atoms with van der Waals surface area (Å²) in [5.74, 6) is 0.235. The van der Waals surface area contributed by atoms with Crippen LogP contribution in [0.3, 0.4) is 0 Å². The fourth-order valence-electron chi connectivity index (χ4n) is 3.76. The Kier molecular flexibility index (Phi) is 5.08. The average molecular weight is 376 g/mol. The summed E-state index contributed by atoms with van der Waals surface area (Å²) < 4.78 is 0. The number of halogens is 1. The fourth-order valence-corrected chi connectivity index (χ4v) is 4.79. The Hall–Kier alpha value is -1.40. The molecule has 1 aromatic heterocycles. The third kappa shape index (κ3) is 3.60. The molecule has 4 nitrogen and oxygen atoms in total. The van der Waals surface area contributed by atoms with Gasteiger partial charge in [-0.1, -0.05) is 23.7 Å². The minimum absolute atomic E-state index is 0.138. The lowest BCUT2D eigenvalue weighted by atomic mass is 9.93. The normalized spacial score (nSPS) is 21.2. The lowest BCUT2D eigenvalue weighted by Gasteiger charge is -2.37. The van der Waals surface area contributed by atoms with E-state index in [0.29, 0.717) is 6.54 Å². The van der Waals surface area contributed by atoms with Gasteiger partial charge in [0.1, 0.15) is 0 Å². The molecule has 0 saturated carbocycles. The van der Waals surface area contributed by atoms with Crippen molar-refractivity contribution >= 4 is 28.8 Å². The van der Waals surface area contributed by atoms with Crippen LogP contribution in [0.4, 0.5) is 0 Å². The second kappa shape index (κ2) is 7.46. The molecule has 0 spiro atoms. The number of piperazine rings is 1. The molecule has 2 aliphatic rings. The lowest BCUT2D eigenvalue weighted by molar-refractivity contribution is -0.133. The highest BCUT2D eigenvalue weighted by molar-refractivity contribution is 7.10. The Morgan fingerprint density at radius 2 is 1.92 bits per heavy atom. The maximum Gasteiger partial charge on any atom is 0.236 e. The zero-order chi connectivity index (χ0) is 17.2. The van der Waals surface area contributed by atoms with Gasteiger partial charge in [0.25, 0.3) is 0 Å². The van der Waals surface area contributed by atoms with E-state index in [9.17, 15) is 4.79 Å². The topological polar surface area (TPSA) is 35.6 Å². The third-order valence-corrected chi connectivity index (χ3v) is 6.31. The van der Waals surface area contributed by atoms with Crippen LogP contribution in [0.2, 0.25) is 5.02 Å². The van der Waals surface area contributed by atoms with E-state index >= 15 is 0 Å². The van der Waals surface area contributed by atoms with Crippen molar-refractivity contribution in [1.82, 2.24) is 15.1 Å². The van der Waals surface area contributed by atoms with Gasteiger partial charge >= 0.3 is 0 Å². The van der Waals surface area contributed by atoms with Gasteiger partial charge in [0.05, 0.1) is 12.6 Å². The minimum atomic E-state index is 0.138. The molecule has 1 amide bonds. The molecule has 0 radical (unpaired) electrons. The Morgan fingerprint density at radius 1 is 1.16 bits per heavy atom. The van der Waals surface area contributed by atoms with Crippen LogP contribution in [0.5, 0.6) is 0 Å². The second-order valence-corrected chi connectivity index (χ2v) is 8.04. The number of nitrogens with zero attached hydrogens (tertiary/aromatic N) is 2. The molecule has 6 heteroatoms. The van der Waals surface area contributed by atoms with Crippen molar-refractivity contribution < 1.29 is 4.79 Å². The zero-order valence-corrected chi connectivity index (χ0v) is 15.7. The zero-order valence-electron chi connectivity index (χ0n) is 14.1. The smallest absolute Gasteiger partial charge is 0.236 e. The number of hydrogen-bond acceptors (Lipinski definition) is 4. The molecule has 1 aromatic carbocycles. The largest absolute Gasteiger partial charge is 0.339 e. The molecule has 1 saturated heterocycles. The van der Waals surface area contributed by atoms with Gasteiger partial charge in [-0.3, -0.25) is 9.69 Å². The van der Waals surface area contributed by atoms with E-state index in [-0.39, 0.29) is 11.9 Å². The first-order valence-electron chi connectivity index (χ1n) is 8.76. The Morgan fingerprint density at radius 3 is 2.68 bits per heavy atom. The van der Waals surface area contributed by atoms with Crippen molar-refractivity contribution in [1.29, 1.82) is 0 Å². The van der Waals surface area contributed by atoms with Crippen molar-refractivity contribution in [3.8, 4) is 0 Å². The van der Waals surface area contributed by atoms with E-state index in [1.165, 1.54) is 16.0 Å². The number of carbonyl (C=O) groups is 1. The summed E-state index contributed by atoms with van der Waals surface area (Å²) in [6, 6.07) is 10.4. The van der Waals surface area contributed by atoms with E-state index in [2.05, 4.69) is 33.8 Å². The quantitative estimate of drug-likeness (QED) is 0.896. The van der Waals surface area contributed by atoms with Crippen LogP contribution >= 0.6 is 22.9 Å². The molecule has 2 aliphatic heterocycles. The van der Waals surface area contributed by atoms with Crippen LogP contribution in [-0.2, 0) is 11.2 Å². The first kappa shape index (κ1) is 17.0. The van der Waals surface area contributed by atoms with Crippen molar-refractivity contribution in [3.05, 3.63) is 56.7 Å². The highest BCUT2D eigenvalue weighted by atomic mass is 35.5. The molecular weight excluding hydrogens is 354 g/mol. The van der Waals surface area contributed by atoms with Gasteiger partial charge in [0, 0.05) is 42.6 Å². The molecule has 4 rings (SSSR count). The number of benzene rings is 1. The van der Waals surface area contributed by atoms with Gasteiger partial charge in [-0.15, -0.1) is 11.3 Å². The van der Waals surface area contributed by atoms with Crippen LogP contribution in [0.1, 0.15) is 22.0 Å². The van der Waals surface area contributed by atoms with E-state index in [0.717, 1.165) is 44.2 Å². The summed E-state index contributed by atoms with van der Waals surface area (Å²) in [6.07, 6.45) is 1.02. The standard InChI is InChI=1S/C19H22ClN3OS/c20-15-3-1-14(2-4-15)19-16-6-12-25-17(16)5-9-23(19)13-18(24)22-10-7-21-8-11-22/h1-4,6,12,19,21H,5,7-11,13H2. The highest BCUT2D eigenvalue weighted by Crippen LogP contribution is 2.37. The monoisotopic (exact) mass is 375 g/mol. The number of amides is 1. The van der Waals surface area contributed by atoms with Crippen molar-refractivity contribution in [3.63, 3.8) is 0 Å². The van der Waals surface area contributed by atoms with Crippen molar-refractivity contribution in [2.45, 2.75) is 12.5 Å². The molecule has 132 valence electrons. The Balaban J connectivity index is 1.59. The van der Waals surface area contributed by atoms with Gasteiger partial charge in [0.15, 0.2) is 0 Å². The van der Waals surface area contributed by atoms with E-state index in [1.807, 2.05) is 28.4 Å². The van der Waals surface area contributed by atoms with Crippen LogP contribution < -0.4 is 5.32 Å². The van der Waals surface area contributed by atoms with Gasteiger partial charge in [-0.25, -0.2) is 0 Å². The van der Waals surface area contributed by atoms with Crippen LogP contribution in [0.25, 0.3) is 0 Å². The first-order chi connectivity index (χ1) is 12.2. The second-order valence-electron chi connectivity index (χ2n) is 6.60. The molecule has 1 unspecified atom stereocenters. The number of rotatable bonds is 3. The lowest BCUT2D eigenvalue weighted by Crippen LogP contribution is -2.50. The number of carbonyl (C=O) groups excluding carboxylic acids is 1. The Labute approximate surface area is 157 Å². The number of nitrogens with one attached hydrogen (secondary N) is 1. The van der Waals surface area contributed by atoms with Gasteiger partial charge in [-0.05, 0) is 41.1 Å². The summed E-state index contributed by atoms with van der Waals surface area (Å²) in [6.45, 7) is 4.78. The summed E-state index contributed by atoms with van der Waals surface area (Å²) in [5, 5.41) is 6.21. The van der Waals surface area contributed by atoms with Crippen molar-refractivity contribution in [2.75, 3.05) is 39.3 Å². The van der Waals surface area contributed by atoms with Crippen molar-refractivity contribution in [2.24, 2.45) is 0 Å². The predicted molar refractivity (Wildman–Crippen MR) is 102 cm³/mol. The first-order valence-corrected chi connectivity index (χ1v) is 10.0. The molecule has 2 aromatic rings. The molecular formula is C19H22ClN3OS. The summed E-state index contributed by atoms with van der Waals surface area (Å²) >= 11 is 7.89. The van der Waals surface area contributed by atoms with E-state index in [1.54, 1.807) is 0 Å². The van der Waals surface area contributed by atoms with E-state index in [4.69, 9.17) is 11.6 Å².